The first-order valence-corrected chi connectivity index (χ1v) is 8.70. The van der Waals surface area contributed by atoms with E-state index in [2.05, 4.69) is 16.0 Å². The van der Waals surface area contributed by atoms with Crippen molar-refractivity contribution >= 4 is 17.2 Å². The zero-order valence-corrected chi connectivity index (χ0v) is 14.6. The molecule has 1 aromatic carbocycles. The highest BCUT2D eigenvalue weighted by molar-refractivity contribution is 6.45. The first-order valence-electron chi connectivity index (χ1n) is 8.70. The van der Waals surface area contributed by atoms with E-state index in [1.807, 2.05) is 18.5 Å². The van der Waals surface area contributed by atoms with Gasteiger partial charge < -0.3 is 5.73 Å². The van der Waals surface area contributed by atoms with E-state index < -0.39 is 0 Å². The molecule has 3 rings (SSSR count). The zero-order valence-electron chi connectivity index (χ0n) is 14.6. The molecule has 0 bridgehead atoms. The molecular weight excluding hydrogens is 312 g/mol. The summed E-state index contributed by atoms with van der Waals surface area (Å²) < 4.78 is 0. The third kappa shape index (κ3) is 4.12. The summed E-state index contributed by atoms with van der Waals surface area (Å²) in [6.45, 7) is 4.58. The Morgan fingerprint density at radius 2 is 1.92 bits per heavy atom. The smallest absolute Gasteiger partial charge is 0.178 e. The molecule has 0 atom stereocenters. The van der Waals surface area contributed by atoms with Crippen LogP contribution in [0.3, 0.4) is 0 Å². The van der Waals surface area contributed by atoms with Gasteiger partial charge >= 0.3 is 0 Å². The number of piperidine rings is 1. The van der Waals surface area contributed by atoms with E-state index in [1.165, 1.54) is 31.7 Å². The lowest BCUT2D eigenvalue weighted by atomic mass is 9.98. The molecule has 2 aromatic rings. The molecule has 3 N–H and O–H groups in total. The molecule has 1 aliphatic heterocycles. The number of hydrogen-bond acceptors (Lipinski definition) is 5. The summed E-state index contributed by atoms with van der Waals surface area (Å²) in [7, 11) is 0. The number of hydrogen-bond donors (Lipinski definition) is 2. The van der Waals surface area contributed by atoms with Crippen molar-refractivity contribution < 1.29 is 4.79 Å². The molecule has 5 heteroatoms. The fourth-order valence-electron chi connectivity index (χ4n) is 3.25. The quantitative estimate of drug-likeness (QED) is 0.648. The number of nitrogens with one attached hydrogen (secondary N) is 1. The van der Waals surface area contributed by atoms with Crippen molar-refractivity contribution in [2.45, 2.75) is 32.7 Å². The summed E-state index contributed by atoms with van der Waals surface area (Å²) in [4.78, 5) is 18.4. The number of nitrogens with zero attached hydrogens (tertiary/aromatic N) is 2. The van der Waals surface area contributed by atoms with Crippen molar-refractivity contribution in [3.05, 3.63) is 47.8 Å². The Hall–Kier alpha value is -2.53. The number of aromatic nitrogens is 1. The fourth-order valence-corrected chi connectivity index (χ4v) is 3.25. The minimum atomic E-state index is -0.291. The molecular formula is C20H24N4O. The third-order valence-electron chi connectivity index (χ3n) is 4.66. The first-order chi connectivity index (χ1) is 12.0. The van der Waals surface area contributed by atoms with Crippen LogP contribution in [0.5, 0.6) is 0 Å². The first kappa shape index (κ1) is 17.3. The van der Waals surface area contributed by atoms with Crippen molar-refractivity contribution in [1.82, 2.24) is 9.88 Å². The lowest BCUT2D eigenvalue weighted by molar-refractivity contribution is -0.111. The number of Topliss-reactive ketones (excluding diaryl/α,β-unsaturated/α-hetero) is 1. The predicted molar refractivity (Wildman–Crippen MR) is 101 cm³/mol. The average molecular weight is 336 g/mol. The number of benzene rings is 1. The maximum atomic E-state index is 11.5. The lowest BCUT2D eigenvalue weighted by Crippen LogP contribution is -2.29. The van der Waals surface area contributed by atoms with Crippen LogP contribution in [0.15, 0.2) is 36.7 Å². The number of rotatable bonds is 5. The Balaban J connectivity index is 1.86. The fraction of sp³-hybridized carbons (Fsp3) is 0.350. The van der Waals surface area contributed by atoms with Crippen molar-refractivity contribution in [3.63, 3.8) is 0 Å². The molecule has 25 heavy (non-hydrogen) atoms. The molecule has 0 spiro atoms. The van der Waals surface area contributed by atoms with E-state index in [0.29, 0.717) is 11.3 Å². The molecule has 5 nitrogen and oxygen atoms in total. The molecule has 1 fully saturated rings. The molecule has 130 valence electrons. The monoisotopic (exact) mass is 336 g/mol. The summed E-state index contributed by atoms with van der Waals surface area (Å²) in [5, 5.41) is 7.94. The Bertz CT molecular complexity index is 794. The topological polar surface area (TPSA) is 83.1 Å². The Morgan fingerprint density at radius 3 is 2.64 bits per heavy atom. The highest BCUT2D eigenvalue weighted by atomic mass is 16.1. The maximum Gasteiger partial charge on any atom is 0.178 e. The highest BCUT2D eigenvalue weighted by Crippen LogP contribution is 2.25. The van der Waals surface area contributed by atoms with Gasteiger partial charge in [-0.05, 0) is 55.3 Å². The Labute approximate surface area is 148 Å². The Kier molecular flexibility index (Phi) is 5.24. The van der Waals surface area contributed by atoms with E-state index in [0.717, 1.165) is 30.8 Å². The number of ketones is 1. The second kappa shape index (κ2) is 7.57. The van der Waals surface area contributed by atoms with Gasteiger partial charge in [-0.2, -0.15) is 0 Å². The maximum absolute atomic E-state index is 11.5. The number of carbonyl (C=O) groups is 1. The molecule has 2 heterocycles. The van der Waals surface area contributed by atoms with Crippen molar-refractivity contribution in [2.24, 2.45) is 0 Å². The van der Waals surface area contributed by atoms with Gasteiger partial charge in [0.15, 0.2) is 5.78 Å². The van der Waals surface area contributed by atoms with E-state index in [4.69, 9.17) is 11.1 Å². The van der Waals surface area contributed by atoms with Gasteiger partial charge in [0.2, 0.25) is 0 Å². The van der Waals surface area contributed by atoms with Gasteiger partial charge in [0.25, 0.3) is 0 Å². The van der Waals surface area contributed by atoms with Crippen LogP contribution < -0.4 is 5.73 Å². The van der Waals surface area contributed by atoms with Gasteiger partial charge in [-0.25, -0.2) is 0 Å². The number of pyridine rings is 1. The van der Waals surface area contributed by atoms with Gasteiger partial charge in [0.1, 0.15) is 5.71 Å². The second-order valence-corrected chi connectivity index (χ2v) is 6.65. The van der Waals surface area contributed by atoms with Gasteiger partial charge in [0.05, 0.1) is 0 Å². The summed E-state index contributed by atoms with van der Waals surface area (Å²) in [5.74, 6) is -0.291. The summed E-state index contributed by atoms with van der Waals surface area (Å²) >= 11 is 0. The Morgan fingerprint density at radius 1 is 1.16 bits per heavy atom. The van der Waals surface area contributed by atoms with Gasteiger partial charge in [-0.15, -0.1) is 0 Å². The number of nitrogens with two attached hydrogens (primary N) is 1. The SMILES string of the molecule is CC(=O)C(=N)c1cc(-c2cncc(CN3CCCCC3)c2)ccc1N. The predicted octanol–water partition coefficient (Wildman–Crippen LogP) is 3.27. The summed E-state index contributed by atoms with van der Waals surface area (Å²) in [6.07, 6.45) is 7.58. The number of nitrogen functional groups attached to an aromatic ring is 1. The van der Waals surface area contributed by atoms with Crippen LogP contribution >= 0.6 is 0 Å². The van der Waals surface area contributed by atoms with Crippen LogP contribution in [0.2, 0.25) is 0 Å². The van der Waals surface area contributed by atoms with Crippen molar-refractivity contribution in [1.29, 1.82) is 5.41 Å². The normalized spacial score (nSPS) is 15.1. The van der Waals surface area contributed by atoms with Crippen LogP contribution in [0.25, 0.3) is 11.1 Å². The third-order valence-corrected chi connectivity index (χ3v) is 4.66. The van der Waals surface area contributed by atoms with Crippen molar-refractivity contribution in [3.8, 4) is 11.1 Å². The standard InChI is InChI=1S/C20H24N4O/c1-14(25)20(22)18-10-16(5-6-19(18)21)17-9-15(11-23-12-17)13-24-7-3-2-4-8-24/h5-6,9-12,22H,2-4,7-8,13,21H2,1H3. The number of carbonyl (C=O) groups excluding carboxylic acids is 1. The molecule has 1 aliphatic rings. The van der Waals surface area contributed by atoms with Crippen LogP contribution in [-0.4, -0.2) is 34.5 Å². The molecule has 0 radical (unpaired) electrons. The van der Waals surface area contributed by atoms with E-state index in [9.17, 15) is 4.79 Å². The second-order valence-electron chi connectivity index (χ2n) is 6.65. The number of anilines is 1. The molecule has 0 amide bonds. The summed E-state index contributed by atoms with van der Waals surface area (Å²) in [5.41, 5.74) is 9.89. The van der Waals surface area contributed by atoms with Crippen LogP contribution in [0, 0.1) is 5.41 Å². The van der Waals surface area contributed by atoms with Gasteiger partial charge in [-0.3, -0.25) is 20.1 Å². The molecule has 0 unspecified atom stereocenters. The van der Waals surface area contributed by atoms with Crippen molar-refractivity contribution in [2.75, 3.05) is 18.8 Å². The van der Waals surface area contributed by atoms with Gasteiger partial charge in [0, 0.05) is 42.7 Å². The average Bonchev–Trinajstić information content (AvgIpc) is 2.62. The zero-order chi connectivity index (χ0) is 17.8. The lowest BCUT2D eigenvalue weighted by Gasteiger charge is -2.26. The minimum Gasteiger partial charge on any atom is -0.398 e. The highest BCUT2D eigenvalue weighted by Gasteiger charge is 2.14. The molecule has 1 saturated heterocycles. The van der Waals surface area contributed by atoms with E-state index >= 15 is 0 Å². The van der Waals surface area contributed by atoms with Crippen LogP contribution in [0.4, 0.5) is 5.69 Å². The molecule has 0 saturated carbocycles. The molecule has 1 aromatic heterocycles. The van der Waals surface area contributed by atoms with Crippen LogP contribution in [-0.2, 0) is 11.3 Å². The summed E-state index contributed by atoms with van der Waals surface area (Å²) in [6, 6.07) is 7.60. The van der Waals surface area contributed by atoms with Crippen LogP contribution in [0.1, 0.15) is 37.3 Å². The number of likely N-dealkylation sites (tertiary alicyclic amines) is 1. The van der Waals surface area contributed by atoms with E-state index in [1.54, 1.807) is 12.1 Å². The van der Waals surface area contributed by atoms with E-state index in [-0.39, 0.29) is 11.5 Å². The van der Waals surface area contributed by atoms with Gasteiger partial charge in [-0.1, -0.05) is 12.5 Å². The minimum absolute atomic E-state index is 0.0585. The molecule has 0 aliphatic carbocycles. The largest absolute Gasteiger partial charge is 0.398 e.